The van der Waals surface area contributed by atoms with Gasteiger partial charge in [-0.05, 0) is 74.5 Å². The number of rotatable bonds is 12. The standard InChI is InChI=1S/C32H33F3N4O5/c1-4-42-28-19-25(11-13-27(28)43-21(2)3)31(44-30(41)32(33,34)35,29(40)38-17-14-22-8-6-5-7-9-22)39(36)26-12-10-24-20-37-16-15-23(24)18-26/h5-13,15-16,18-21H,4,14,17,36H2,1-3H3,(H,38,40). The third-order valence-electron chi connectivity index (χ3n) is 6.56. The summed E-state index contributed by atoms with van der Waals surface area (Å²) in [7, 11) is 0. The summed E-state index contributed by atoms with van der Waals surface area (Å²) in [5.74, 6) is 3.22. The van der Waals surface area contributed by atoms with Crippen molar-refractivity contribution in [1.29, 1.82) is 0 Å². The summed E-state index contributed by atoms with van der Waals surface area (Å²) in [6, 6.07) is 19.5. The third-order valence-corrected chi connectivity index (χ3v) is 6.56. The van der Waals surface area contributed by atoms with Crippen molar-refractivity contribution in [2.24, 2.45) is 5.84 Å². The minimum Gasteiger partial charge on any atom is -0.490 e. The molecule has 1 atom stereocenters. The van der Waals surface area contributed by atoms with Gasteiger partial charge in [-0.25, -0.2) is 10.6 Å². The zero-order valence-electron chi connectivity index (χ0n) is 24.4. The van der Waals surface area contributed by atoms with E-state index in [0.717, 1.165) is 5.56 Å². The molecule has 0 aliphatic carbocycles. The Balaban J connectivity index is 1.90. The van der Waals surface area contributed by atoms with E-state index in [2.05, 4.69) is 10.3 Å². The smallest absolute Gasteiger partial charge is 0.490 e. The molecule has 1 aromatic heterocycles. The quantitative estimate of drug-likeness (QED) is 0.0946. The molecule has 4 aromatic rings. The van der Waals surface area contributed by atoms with Crippen molar-refractivity contribution in [2.45, 2.75) is 45.2 Å². The number of ether oxygens (including phenoxy) is 3. The molecule has 3 N–H and O–H groups in total. The second kappa shape index (κ2) is 13.6. The number of carbonyl (C=O) groups excluding carboxylic acids is 2. The molecule has 3 aromatic carbocycles. The van der Waals surface area contributed by atoms with E-state index in [4.69, 9.17) is 20.1 Å². The van der Waals surface area contributed by atoms with Crippen LogP contribution in [0.3, 0.4) is 0 Å². The van der Waals surface area contributed by atoms with Crippen LogP contribution in [0.1, 0.15) is 31.9 Å². The lowest BCUT2D eigenvalue weighted by Gasteiger charge is -2.40. The Morgan fingerprint density at radius 1 is 0.977 bits per heavy atom. The van der Waals surface area contributed by atoms with Gasteiger partial charge in [0.15, 0.2) is 11.5 Å². The number of alkyl halides is 3. The molecule has 12 heteroatoms. The lowest BCUT2D eigenvalue weighted by atomic mass is 9.98. The molecule has 1 amide bonds. The van der Waals surface area contributed by atoms with Gasteiger partial charge < -0.3 is 19.5 Å². The molecule has 0 aliphatic rings. The zero-order chi connectivity index (χ0) is 31.9. The van der Waals surface area contributed by atoms with Crippen molar-refractivity contribution in [3.8, 4) is 11.5 Å². The van der Waals surface area contributed by atoms with E-state index >= 15 is 0 Å². The SMILES string of the molecule is CCOc1cc(C(OC(=O)C(F)(F)F)(C(=O)NCCc2ccccc2)N(N)c2ccc3cnccc3c2)ccc1OC(C)C. The number of hydrogen-bond acceptors (Lipinski definition) is 8. The molecule has 0 radical (unpaired) electrons. The summed E-state index contributed by atoms with van der Waals surface area (Å²) in [6.45, 7) is 5.45. The molecule has 9 nitrogen and oxygen atoms in total. The molecule has 0 saturated heterocycles. The van der Waals surface area contributed by atoms with Crippen LogP contribution in [0.2, 0.25) is 0 Å². The number of hydrazine groups is 1. The normalized spacial score (nSPS) is 12.8. The summed E-state index contributed by atoms with van der Waals surface area (Å²) in [5, 5.41) is 4.68. The first-order valence-electron chi connectivity index (χ1n) is 13.9. The molecule has 232 valence electrons. The number of anilines is 1. The van der Waals surface area contributed by atoms with Gasteiger partial charge in [-0.15, -0.1) is 0 Å². The molecule has 0 saturated carbocycles. The summed E-state index contributed by atoms with van der Waals surface area (Å²) in [6.07, 6.45) is -2.26. The van der Waals surface area contributed by atoms with Crippen LogP contribution in [0.25, 0.3) is 10.8 Å². The number of benzene rings is 3. The number of nitrogens with one attached hydrogen (secondary N) is 1. The van der Waals surface area contributed by atoms with E-state index in [1.807, 2.05) is 30.3 Å². The molecule has 1 heterocycles. The number of nitrogens with two attached hydrogens (primary N) is 1. The molecular weight excluding hydrogens is 577 g/mol. The van der Waals surface area contributed by atoms with E-state index in [0.29, 0.717) is 22.2 Å². The van der Waals surface area contributed by atoms with Crippen LogP contribution in [0.15, 0.2) is 85.2 Å². The van der Waals surface area contributed by atoms with Crippen molar-refractivity contribution >= 4 is 28.3 Å². The minimum atomic E-state index is -5.45. The van der Waals surface area contributed by atoms with Crippen molar-refractivity contribution in [2.75, 3.05) is 18.2 Å². The van der Waals surface area contributed by atoms with E-state index in [1.165, 1.54) is 30.5 Å². The van der Waals surface area contributed by atoms with Gasteiger partial charge in [0.1, 0.15) is 0 Å². The molecule has 44 heavy (non-hydrogen) atoms. The largest absolute Gasteiger partial charge is 0.491 e. The number of fused-ring (bicyclic) bond motifs is 1. The van der Waals surface area contributed by atoms with Crippen LogP contribution in [0.5, 0.6) is 11.5 Å². The van der Waals surface area contributed by atoms with Gasteiger partial charge in [0.2, 0.25) is 0 Å². The first-order valence-corrected chi connectivity index (χ1v) is 13.9. The summed E-state index contributed by atoms with van der Waals surface area (Å²) in [5.41, 5.74) is -2.10. The maximum Gasteiger partial charge on any atom is 0.491 e. The number of nitrogens with zero attached hydrogens (tertiary/aromatic N) is 2. The van der Waals surface area contributed by atoms with Crippen molar-refractivity contribution < 1.29 is 37.0 Å². The number of aromatic nitrogens is 1. The summed E-state index contributed by atoms with van der Waals surface area (Å²) in [4.78, 5) is 30.8. The monoisotopic (exact) mass is 610 g/mol. The molecular formula is C32H33F3N4O5. The second-order valence-corrected chi connectivity index (χ2v) is 10.1. The van der Waals surface area contributed by atoms with E-state index in [9.17, 15) is 22.8 Å². The van der Waals surface area contributed by atoms with Gasteiger partial charge in [0.05, 0.1) is 18.4 Å². The van der Waals surface area contributed by atoms with E-state index in [-0.39, 0.29) is 42.0 Å². The Hall–Kier alpha value is -4.84. The van der Waals surface area contributed by atoms with Crippen LogP contribution in [-0.4, -0.2) is 42.3 Å². The van der Waals surface area contributed by atoms with Crippen LogP contribution in [-0.2, 0) is 26.5 Å². The first kappa shape index (κ1) is 32.1. The number of esters is 1. The number of hydrogen-bond donors (Lipinski definition) is 2. The first-order chi connectivity index (χ1) is 21.0. The Bertz CT molecular complexity index is 1600. The average molecular weight is 611 g/mol. The molecule has 0 aliphatic heterocycles. The Morgan fingerprint density at radius 3 is 2.41 bits per heavy atom. The lowest BCUT2D eigenvalue weighted by molar-refractivity contribution is -0.216. The molecule has 4 rings (SSSR count). The van der Waals surface area contributed by atoms with Crippen LogP contribution >= 0.6 is 0 Å². The number of pyridine rings is 1. The Morgan fingerprint density at radius 2 is 1.73 bits per heavy atom. The van der Waals surface area contributed by atoms with Gasteiger partial charge in [-0.1, -0.05) is 36.4 Å². The highest BCUT2D eigenvalue weighted by molar-refractivity contribution is 5.94. The molecule has 0 bridgehead atoms. The van der Waals surface area contributed by atoms with E-state index in [1.54, 1.807) is 45.2 Å². The maximum atomic E-state index is 14.2. The number of halogens is 3. The van der Waals surface area contributed by atoms with Crippen molar-refractivity contribution in [3.63, 3.8) is 0 Å². The Labute approximate surface area is 252 Å². The topological polar surface area (TPSA) is 116 Å². The summed E-state index contributed by atoms with van der Waals surface area (Å²) >= 11 is 0. The predicted molar refractivity (Wildman–Crippen MR) is 159 cm³/mol. The average Bonchev–Trinajstić information content (AvgIpc) is 3.00. The van der Waals surface area contributed by atoms with Crippen molar-refractivity contribution in [1.82, 2.24) is 10.3 Å². The van der Waals surface area contributed by atoms with Crippen LogP contribution < -0.4 is 25.6 Å². The molecule has 1 unspecified atom stereocenters. The fraction of sp³-hybridized carbons (Fsp3) is 0.281. The minimum absolute atomic E-state index is 0.00173. The van der Waals surface area contributed by atoms with Gasteiger partial charge in [-0.3, -0.25) is 14.8 Å². The van der Waals surface area contributed by atoms with Gasteiger partial charge >= 0.3 is 17.9 Å². The van der Waals surface area contributed by atoms with Gasteiger partial charge in [0, 0.05) is 29.9 Å². The van der Waals surface area contributed by atoms with Crippen LogP contribution in [0.4, 0.5) is 18.9 Å². The predicted octanol–water partition coefficient (Wildman–Crippen LogP) is 5.42. The van der Waals surface area contributed by atoms with Crippen molar-refractivity contribution in [3.05, 3.63) is 96.3 Å². The van der Waals surface area contributed by atoms with Gasteiger partial charge in [0.25, 0.3) is 5.91 Å². The number of carbonyl (C=O) groups is 2. The lowest BCUT2D eigenvalue weighted by Crippen LogP contribution is -2.63. The summed E-state index contributed by atoms with van der Waals surface area (Å²) < 4.78 is 58.1. The zero-order valence-corrected chi connectivity index (χ0v) is 24.4. The highest BCUT2D eigenvalue weighted by Gasteiger charge is 2.55. The number of amides is 1. The van der Waals surface area contributed by atoms with Gasteiger partial charge in [-0.2, -0.15) is 13.2 Å². The highest BCUT2D eigenvalue weighted by atomic mass is 19.4. The van der Waals surface area contributed by atoms with Crippen LogP contribution in [0, 0.1) is 0 Å². The highest BCUT2D eigenvalue weighted by Crippen LogP contribution is 2.40. The second-order valence-electron chi connectivity index (χ2n) is 10.1. The fourth-order valence-electron chi connectivity index (χ4n) is 4.55. The maximum absolute atomic E-state index is 14.2. The molecule has 0 spiro atoms. The van der Waals surface area contributed by atoms with E-state index < -0.39 is 23.8 Å². The molecule has 0 fully saturated rings. The third kappa shape index (κ3) is 7.20. The fourth-order valence-corrected chi connectivity index (χ4v) is 4.55. The Kier molecular flexibility index (Phi) is 9.94.